The molecule has 12 heteroatoms. The maximum Gasteiger partial charge on any atom is 0.433 e. The normalized spacial score (nSPS) is 11.5. The number of anilines is 1. The molecule has 0 spiro atoms. The van der Waals surface area contributed by atoms with Crippen LogP contribution in [0.5, 0.6) is 5.75 Å². The van der Waals surface area contributed by atoms with Crippen molar-refractivity contribution in [1.82, 2.24) is 4.98 Å². The Labute approximate surface area is 231 Å². The smallest absolute Gasteiger partial charge is 0.433 e. The second-order valence-corrected chi connectivity index (χ2v) is 10.1. The van der Waals surface area contributed by atoms with Gasteiger partial charge in [0, 0.05) is 9.86 Å². The molecule has 0 aliphatic carbocycles. The fraction of sp³-hybridized carbons (Fsp3) is 0.0741. The monoisotopic (exact) mass is 615 g/mol. The maximum atomic E-state index is 13.7. The molecule has 0 saturated heterocycles. The maximum absolute atomic E-state index is 13.7. The molecule has 0 fully saturated rings. The fourth-order valence-electron chi connectivity index (χ4n) is 3.82. The lowest BCUT2D eigenvalue weighted by Gasteiger charge is -2.12. The van der Waals surface area contributed by atoms with Crippen LogP contribution in [0.3, 0.4) is 0 Å². The minimum absolute atomic E-state index is 0.0448. The highest BCUT2D eigenvalue weighted by atomic mass is 79.9. The third-order valence-corrected chi connectivity index (χ3v) is 7.21. The Morgan fingerprint density at radius 3 is 2.44 bits per heavy atom. The van der Waals surface area contributed by atoms with Crippen molar-refractivity contribution >= 4 is 55.0 Å². The zero-order valence-corrected chi connectivity index (χ0v) is 22.1. The van der Waals surface area contributed by atoms with Crippen LogP contribution in [0.25, 0.3) is 21.3 Å². The number of nitrogens with zero attached hydrogens (tertiary/aromatic N) is 1. The molecule has 198 valence electrons. The van der Waals surface area contributed by atoms with E-state index in [4.69, 9.17) is 14.9 Å². The first kappa shape index (κ1) is 26.4. The molecule has 0 bridgehead atoms. The highest BCUT2D eigenvalue weighted by Gasteiger charge is 2.35. The van der Waals surface area contributed by atoms with Crippen molar-refractivity contribution in [3.8, 4) is 16.9 Å². The quantitative estimate of drug-likeness (QED) is 0.200. The van der Waals surface area contributed by atoms with E-state index in [-0.39, 0.29) is 38.7 Å². The Bertz CT molecular complexity index is 1680. The predicted octanol–water partition coefficient (Wildman–Crippen LogP) is 7.27. The van der Waals surface area contributed by atoms with Crippen LogP contribution < -0.4 is 15.8 Å². The molecule has 2 amide bonds. The van der Waals surface area contributed by atoms with Crippen molar-refractivity contribution < 1.29 is 31.9 Å². The van der Waals surface area contributed by atoms with Gasteiger partial charge in [0.1, 0.15) is 33.5 Å². The molecule has 2 aromatic carbocycles. The van der Waals surface area contributed by atoms with E-state index < -0.39 is 23.7 Å². The first-order valence-electron chi connectivity index (χ1n) is 11.3. The van der Waals surface area contributed by atoms with Crippen molar-refractivity contribution in [3.63, 3.8) is 0 Å². The molecule has 0 aliphatic heterocycles. The summed E-state index contributed by atoms with van der Waals surface area (Å²) in [4.78, 5) is 28.9. The van der Waals surface area contributed by atoms with Crippen LogP contribution in [-0.4, -0.2) is 16.8 Å². The average Bonchev–Trinajstić information content (AvgIpc) is 3.53. The Morgan fingerprint density at radius 1 is 1.05 bits per heavy atom. The first-order chi connectivity index (χ1) is 18.6. The number of aromatic nitrogens is 1. The molecule has 39 heavy (non-hydrogen) atoms. The molecule has 0 aliphatic rings. The third-order valence-electron chi connectivity index (χ3n) is 5.58. The van der Waals surface area contributed by atoms with Gasteiger partial charge in [-0.2, -0.15) is 13.2 Å². The van der Waals surface area contributed by atoms with E-state index in [2.05, 4.69) is 26.2 Å². The van der Waals surface area contributed by atoms with Crippen LogP contribution in [0.4, 0.5) is 18.9 Å². The van der Waals surface area contributed by atoms with Crippen molar-refractivity contribution in [2.75, 3.05) is 5.32 Å². The van der Waals surface area contributed by atoms with Crippen LogP contribution in [0, 0.1) is 0 Å². The summed E-state index contributed by atoms with van der Waals surface area (Å²) in [5, 5.41) is 2.76. The molecular formula is C27H17BrF3N3O4S. The third kappa shape index (κ3) is 5.66. The SMILES string of the molecule is NC(=O)c1sc2nc(C(F)(F)F)cc(-c3ccccc3)c2c1NC(=O)c1ccc(COc2ccc(Br)cc2)o1. The molecule has 0 radical (unpaired) electrons. The number of rotatable bonds is 7. The van der Waals surface area contributed by atoms with Gasteiger partial charge in [-0.15, -0.1) is 11.3 Å². The molecule has 5 aromatic rings. The number of fused-ring (bicyclic) bond motifs is 1. The number of halogens is 4. The second kappa shape index (κ2) is 10.5. The summed E-state index contributed by atoms with van der Waals surface area (Å²) in [6.45, 7) is 0.0468. The summed E-state index contributed by atoms with van der Waals surface area (Å²) < 4.78 is 53.1. The van der Waals surface area contributed by atoms with E-state index in [1.165, 1.54) is 6.07 Å². The van der Waals surface area contributed by atoms with Gasteiger partial charge in [0.25, 0.3) is 11.8 Å². The zero-order chi connectivity index (χ0) is 27.7. The number of furan rings is 1. The number of benzene rings is 2. The summed E-state index contributed by atoms with van der Waals surface area (Å²) in [5.41, 5.74) is 4.93. The lowest BCUT2D eigenvalue weighted by atomic mass is 10.0. The number of hydrogen-bond donors (Lipinski definition) is 2. The average molecular weight is 616 g/mol. The number of carbonyl (C=O) groups is 2. The highest BCUT2D eigenvalue weighted by molar-refractivity contribution is 9.10. The molecule has 7 nitrogen and oxygen atoms in total. The number of nitrogens with one attached hydrogen (secondary N) is 1. The zero-order valence-electron chi connectivity index (χ0n) is 19.7. The Morgan fingerprint density at radius 2 is 1.77 bits per heavy atom. The summed E-state index contributed by atoms with van der Waals surface area (Å²) >= 11 is 4.01. The first-order valence-corrected chi connectivity index (χ1v) is 12.9. The summed E-state index contributed by atoms with van der Waals surface area (Å²) in [5.74, 6) is -0.805. The minimum atomic E-state index is -4.74. The highest BCUT2D eigenvalue weighted by Crippen LogP contribution is 2.43. The number of carbonyl (C=O) groups excluding carboxylic acids is 2. The van der Waals surface area contributed by atoms with E-state index in [0.717, 1.165) is 10.5 Å². The number of primary amides is 1. The molecule has 3 N–H and O–H groups in total. The number of ether oxygens (including phenoxy) is 1. The number of alkyl halides is 3. The van der Waals surface area contributed by atoms with Gasteiger partial charge in [0.15, 0.2) is 5.76 Å². The van der Waals surface area contributed by atoms with Crippen LogP contribution in [0.15, 0.2) is 81.7 Å². The van der Waals surface area contributed by atoms with Gasteiger partial charge in [0.05, 0.1) is 5.69 Å². The van der Waals surface area contributed by atoms with Gasteiger partial charge in [-0.1, -0.05) is 46.3 Å². The predicted molar refractivity (Wildman–Crippen MR) is 144 cm³/mol. The van der Waals surface area contributed by atoms with Crippen LogP contribution in [0.1, 0.15) is 31.7 Å². The number of thiophene rings is 1. The molecular weight excluding hydrogens is 599 g/mol. The standard InChI is InChI=1S/C27H17BrF3N3O4S/c28-15-6-8-16(9-7-15)37-13-17-10-11-19(38-17)25(36)34-22-21-18(14-4-2-1-3-5-14)12-20(27(29,30)31)33-26(21)39-23(22)24(32)35/h1-12H,13H2,(H2,32,35)(H,34,36). The topological polar surface area (TPSA) is 107 Å². The molecule has 0 atom stereocenters. The van der Waals surface area contributed by atoms with Gasteiger partial charge in [-0.05, 0) is 53.6 Å². The Balaban J connectivity index is 1.50. The second-order valence-electron chi connectivity index (χ2n) is 8.23. The van der Waals surface area contributed by atoms with E-state index in [9.17, 15) is 22.8 Å². The lowest BCUT2D eigenvalue weighted by molar-refractivity contribution is -0.140. The Hall–Kier alpha value is -4.16. The largest absolute Gasteiger partial charge is 0.486 e. The molecule has 3 heterocycles. The number of pyridine rings is 1. The van der Waals surface area contributed by atoms with Gasteiger partial charge >= 0.3 is 6.18 Å². The minimum Gasteiger partial charge on any atom is -0.486 e. The van der Waals surface area contributed by atoms with Crippen molar-refractivity contribution in [1.29, 1.82) is 0 Å². The summed E-state index contributed by atoms with van der Waals surface area (Å²) in [7, 11) is 0. The lowest BCUT2D eigenvalue weighted by Crippen LogP contribution is -2.16. The molecule has 5 rings (SSSR count). The molecule has 0 unspecified atom stereocenters. The number of hydrogen-bond acceptors (Lipinski definition) is 6. The van der Waals surface area contributed by atoms with Crippen LogP contribution >= 0.6 is 27.3 Å². The van der Waals surface area contributed by atoms with Gasteiger partial charge in [-0.25, -0.2) is 4.98 Å². The fourth-order valence-corrected chi connectivity index (χ4v) is 5.09. The number of nitrogens with two attached hydrogens (primary N) is 1. The number of amides is 2. The van der Waals surface area contributed by atoms with Crippen molar-refractivity contribution in [3.05, 3.63) is 99.4 Å². The van der Waals surface area contributed by atoms with Crippen LogP contribution in [-0.2, 0) is 12.8 Å². The van der Waals surface area contributed by atoms with Gasteiger partial charge in [0.2, 0.25) is 0 Å². The van der Waals surface area contributed by atoms with Crippen molar-refractivity contribution in [2.45, 2.75) is 12.8 Å². The van der Waals surface area contributed by atoms with E-state index in [1.54, 1.807) is 48.5 Å². The van der Waals surface area contributed by atoms with E-state index in [1.807, 2.05) is 12.1 Å². The van der Waals surface area contributed by atoms with Gasteiger partial charge < -0.3 is 20.2 Å². The van der Waals surface area contributed by atoms with Crippen LogP contribution in [0.2, 0.25) is 0 Å². The summed E-state index contributed by atoms with van der Waals surface area (Å²) in [6, 6.07) is 19.3. The van der Waals surface area contributed by atoms with Crippen molar-refractivity contribution in [2.24, 2.45) is 5.73 Å². The van der Waals surface area contributed by atoms with E-state index in [0.29, 0.717) is 28.4 Å². The van der Waals surface area contributed by atoms with Gasteiger partial charge in [-0.3, -0.25) is 9.59 Å². The molecule has 3 aromatic heterocycles. The van der Waals surface area contributed by atoms with E-state index >= 15 is 0 Å². The molecule has 0 saturated carbocycles. The Kier molecular flexibility index (Phi) is 7.15. The summed E-state index contributed by atoms with van der Waals surface area (Å²) in [6.07, 6.45) is -4.74.